The molecule has 1 aromatic rings. The molecule has 0 saturated heterocycles. The van der Waals surface area contributed by atoms with Gasteiger partial charge in [0.05, 0.1) is 0 Å². The smallest absolute Gasteiger partial charge is 0.253 e. The number of nitrogens with zero attached hydrogens (tertiary/aromatic N) is 1. The number of hydrogen-bond donors (Lipinski definition) is 0. The van der Waals surface area contributed by atoms with Crippen molar-refractivity contribution in [3.63, 3.8) is 0 Å². The van der Waals surface area contributed by atoms with E-state index in [2.05, 4.69) is 0 Å². The summed E-state index contributed by atoms with van der Waals surface area (Å²) in [4.78, 5) is 10.9. The number of rotatable bonds is 0. The maximum Gasteiger partial charge on any atom is 0.253 e. The number of hydrogen-bond acceptors (Lipinski definition) is 1. The van der Waals surface area contributed by atoms with Gasteiger partial charge in [0.15, 0.2) is 0 Å². The lowest BCUT2D eigenvalue weighted by Gasteiger charge is -1.94. The van der Waals surface area contributed by atoms with E-state index >= 15 is 0 Å². The Hall–Kier alpha value is -1.05. The lowest BCUT2D eigenvalue weighted by molar-refractivity contribution is 0.849. The van der Waals surface area contributed by atoms with Gasteiger partial charge < -0.3 is 4.57 Å². The van der Waals surface area contributed by atoms with Crippen molar-refractivity contribution in [1.82, 2.24) is 4.57 Å². The molecule has 1 heterocycles. The second-order valence-electron chi connectivity index (χ2n) is 2.11. The number of aryl methyl sites for hydroxylation is 2. The maximum atomic E-state index is 10.9. The zero-order valence-corrected chi connectivity index (χ0v) is 7.59. The second-order valence-corrected chi connectivity index (χ2v) is 2.11. The SMILES string of the molecule is CC.Cc1cccn(C)c1=O. The fraction of sp³-hybridized carbons (Fsp3) is 0.444. The van der Waals surface area contributed by atoms with E-state index in [0.717, 1.165) is 5.56 Å². The minimum absolute atomic E-state index is 0.0810. The van der Waals surface area contributed by atoms with Crippen LogP contribution in [0.2, 0.25) is 0 Å². The third-order valence-electron chi connectivity index (χ3n) is 1.31. The van der Waals surface area contributed by atoms with Crippen LogP contribution >= 0.6 is 0 Å². The van der Waals surface area contributed by atoms with Crippen molar-refractivity contribution in [2.45, 2.75) is 20.8 Å². The lowest BCUT2D eigenvalue weighted by Crippen LogP contribution is -2.17. The van der Waals surface area contributed by atoms with Crippen molar-refractivity contribution >= 4 is 0 Å². The van der Waals surface area contributed by atoms with Crippen molar-refractivity contribution in [2.75, 3.05) is 0 Å². The minimum Gasteiger partial charge on any atom is -0.318 e. The van der Waals surface area contributed by atoms with Gasteiger partial charge in [0, 0.05) is 18.8 Å². The van der Waals surface area contributed by atoms with E-state index in [1.807, 2.05) is 32.9 Å². The van der Waals surface area contributed by atoms with Gasteiger partial charge in [-0.05, 0) is 13.0 Å². The fourth-order valence-corrected chi connectivity index (χ4v) is 0.734. The summed E-state index contributed by atoms with van der Waals surface area (Å²) in [7, 11) is 1.75. The Morgan fingerprint density at radius 1 is 1.36 bits per heavy atom. The predicted molar refractivity (Wildman–Crippen MR) is 47.8 cm³/mol. The van der Waals surface area contributed by atoms with Crippen LogP contribution in [-0.4, -0.2) is 4.57 Å². The van der Waals surface area contributed by atoms with Gasteiger partial charge in [-0.3, -0.25) is 4.79 Å². The molecule has 2 nitrogen and oxygen atoms in total. The van der Waals surface area contributed by atoms with Crippen LogP contribution < -0.4 is 5.56 Å². The van der Waals surface area contributed by atoms with Gasteiger partial charge in [0.1, 0.15) is 0 Å². The fourth-order valence-electron chi connectivity index (χ4n) is 0.734. The summed E-state index contributed by atoms with van der Waals surface area (Å²) in [5, 5.41) is 0. The average molecular weight is 153 g/mol. The van der Waals surface area contributed by atoms with Crippen LogP contribution in [0.15, 0.2) is 23.1 Å². The molecule has 1 rings (SSSR count). The highest BCUT2D eigenvalue weighted by molar-refractivity contribution is 5.06. The summed E-state index contributed by atoms with van der Waals surface area (Å²) >= 11 is 0. The van der Waals surface area contributed by atoms with Gasteiger partial charge in [-0.15, -0.1) is 0 Å². The first-order valence-electron chi connectivity index (χ1n) is 3.84. The summed E-state index contributed by atoms with van der Waals surface area (Å²) < 4.78 is 1.56. The van der Waals surface area contributed by atoms with Crippen LogP contribution in [0, 0.1) is 6.92 Å². The molecule has 0 N–H and O–H groups in total. The van der Waals surface area contributed by atoms with Crippen LogP contribution in [0.5, 0.6) is 0 Å². The van der Waals surface area contributed by atoms with E-state index < -0.39 is 0 Å². The Kier molecular flexibility index (Phi) is 4.27. The molecule has 0 amide bonds. The van der Waals surface area contributed by atoms with Crippen LogP contribution in [0.4, 0.5) is 0 Å². The summed E-state index contributed by atoms with van der Waals surface area (Å²) in [6, 6.07) is 3.67. The number of pyridine rings is 1. The van der Waals surface area contributed by atoms with Crippen LogP contribution in [0.1, 0.15) is 19.4 Å². The number of aromatic nitrogens is 1. The molecule has 0 saturated carbocycles. The van der Waals surface area contributed by atoms with E-state index in [1.54, 1.807) is 17.8 Å². The van der Waals surface area contributed by atoms with Crippen molar-refractivity contribution in [3.05, 3.63) is 34.2 Å². The summed E-state index contributed by atoms with van der Waals surface area (Å²) in [6.45, 7) is 5.81. The van der Waals surface area contributed by atoms with E-state index in [1.165, 1.54) is 0 Å². The molecule has 0 spiro atoms. The molecule has 0 aliphatic carbocycles. The van der Waals surface area contributed by atoms with E-state index in [-0.39, 0.29) is 5.56 Å². The van der Waals surface area contributed by atoms with Crippen LogP contribution in [0.25, 0.3) is 0 Å². The average Bonchev–Trinajstić information content (AvgIpc) is 2.04. The molecule has 62 valence electrons. The molecule has 0 fully saturated rings. The van der Waals surface area contributed by atoms with E-state index in [9.17, 15) is 4.79 Å². The van der Waals surface area contributed by atoms with Gasteiger partial charge in [-0.25, -0.2) is 0 Å². The van der Waals surface area contributed by atoms with Gasteiger partial charge >= 0.3 is 0 Å². The highest BCUT2D eigenvalue weighted by atomic mass is 16.1. The third kappa shape index (κ3) is 2.58. The summed E-state index contributed by atoms with van der Waals surface area (Å²) in [6.07, 6.45) is 1.75. The molecule has 0 radical (unpaired) electrons. The zero-order valence-electron chi connectivity index (χ0n) is 7.59. The molecule has 0 atom stereocenters. The molecular formula is C9H15NO. The predicted octanol–water partition coefficient (Wildman–Crippen LogP) is 1.72. The van der Waals surface area contributed by atoms with Gasteiger partial charge in [-0.1, -0.05) is 19.9 Å². The summed E-state index contributed by atoms with van der Waals surface area (Å²) in [5.74, 6) is 0. The third-order valence-corrected chi connectivity index (χ3v) is 1.31. The molecular weight excluding hydrogens is 138 g/mol. The highest BCUT2D eigenvalue weighted by Gasteiger charge is 1.89. The zero-order chi connectivity index (χ0) is 8.85. The molecule has 0 bridgehead atoms. The van der Waals surface area contributed by atoms with Crippen molar-refractivity contribution in [2.24, 2.45) is 7.05 Å². The first-order chi connectivity index (χ1) is 5.22. The molecule has 11 heavy (non-hydrogen) atoms. The van der Waals surface area contributed by atoms with Gasteiger partial charge in [0.2, 0.25) is 0 Å². The first kappa shape index (κ1) is 9.95. The molecule has 0 aliphatic rings. The Morgan fingerprint density at radius 3 is 2.27 bits per heavy atom. The van der Waals surface area contributed by atoms with Crippen LogP contribution in [-0.2, 0) is 7.05 Å². The molecule has 0 unspecified atom stereocenters. The second kappa shape index (κ2) is 4.72. The molecule has 0 aromatic carbocycles. The molecule has 2 heteroatoms. The largest absolute Gasteiger partial charge is 0.318 e. The normalized spacial score (nSPS) is 8.36. The standard InChI is InChI=1S/C7H9NO.C2H6/c1-6-4-3-5-8(2)7(6)9;1-2/h3-5H,1-2H3;1-2H3. The van der Waals surface area contributed by atoms with Crippen molar-refractivity contribution in [3.8, 4) is 0 Å². The van der Waals surface area contributed by atoms with E-state index in [0.29, 0.717) is 0 Å². The van der Waals surface area contributed by atoms with Crippen LogP contribution in [0.3, 0.4) is 0 Å². The van der Waals surface area contributed by atoms with Gasteiger partial charge in [-0.2, -0.15) is 0 Å². The Balaban J connectivity index is 0.000000461. The quantitative estimate of drug-likeness (QED) is 0.556. The Morgan fingerprint density at radius 2 is 1.91 bits per heavy atom. The van der Waals surface area contributed by atoms with Crippen molar-refractivity contribution in [1.29, 1.82) is 0 Å². The maximum absolute atomic E-state index is 10.9. The van der Waals surface area contributed by atoms with Gasteiger partial charge in [0.25, 0.3) is 5.56 Å². The van der Waals surface area contributed by atoms with Crippen molar-refractivity contribution < 1.29 is 0 Å². The monoisotopic (exact) mass is 153 g/mol. The van der Waals surface area contributed by atoms with E-state index in [4.69, 9.17) is 0 Å². The minimum atomic E-state index is 0.0810. The summed E-state index contributed by atoms with van der Waals surface area (Å²) in [5.41, 5.74) is 0.873. The Bertz CT molecular complexity index is 239. The first-order valence-corrected chi connectivity index (χ1v) is 3.84. The lowest BCUT2D eigenvalue weighted by atomic mass is 10.3. The Labute approximate surface area is 67.5 Å². The molecule has 1 aromatic heterocycles. The topological polar surface area (TPSA) is 22.0 Å². The molecule has 0 aliphatic heterocycles. The highest BCUT2D eigenvalue weighted by Crippen LogP contribution is 1.84.